The summed E-state index contributed by atoms with van der Waals surface area (Å²) in [4.78, 5) is 21.2. The normalized spacial score (nSPS) is 22.1. The third-order valence-electron chi connectivity index (χ3n) is 7.20. The first-order valence-corrected chi connectivity index (χ1v) is 13.2. The van der Waals surface area contributed by atoms with Gasteiger partial charge in [0.2, 0.25) is 5.91 Å². The summed E-state index contributed by atoms with van der Waals surface area (Å²) in [5, 5.41) is 14.2. The third kappa shape index (κ3) is 4.46. The molecule has 1 aromatic heterocycles. The molecule has 3 heterocycles. The summed E-state index contributed by atoms with van der Waals surface area (Å²) in [6.07, 6.45) is -2.28. The van der Waals surface area contributed by atoms with Crippen LogP contribution in [-0.2, 0) is 10.2 Å². The van der Waals surface area contributed by atoms with E-state index in [-0.39, 0.29) is 23.4 Å². The Morgan fingerprint density at radius 3 is 2.70 bits per heavy atom. The molecule has 1 saturated carbocycles. The van der Waals surface area contributed by atoms with Crippen LogP contribution in [0, 0.1) is 6.92 Å². The number of carbonyl (C=O) groups is 1. The molecule has 6 rings (SSSR count). The average Bonchev–Trinajstić information content (AvgIpc) is 3.29. The Bertz CT molecular complexity index is 1380. The standard InChI is InChI=1S/C26H24ClF2N3O4S/c1-14-22(21(32-11-8-16(33)13-32)17-4-2-3-5-18(17)27)37-24(30-14)31-23(34)25(9-10-25)15-6-7-19-20(12-15)36-26(28,29)35-19/h2-7,12,16,21,33H,8-11,13H2,1H3,(H,30,31,34)/t16-,21?/m0/s1. The number of hydrogen-bond donors (Lipinski definition) is 2. The number of carbonyl (C=O) groups excluding carboxylic acids is 1. The van der Waals surface area contributed by atoms with Crippen LogP contribution >= 0.6 is 22.9 Å². The van der Waals surface area contributed by atoms with Crippen LogP contribution in [-0.4, -0.2) is 46.4 Å². The van der Waals surface area contributed by atoms with E-state index in [2.05, 4.69) is 24.7 Å². The Balaban J connectivity index is 1.27. The molecule has 2 aliphatic heterocycles. The zero-order valence-electron chi connectivity index (χ0n) is 19.8. The number of anilines is 1. The molecule has 2 atom stereocenters. The lowest BCUT2D eigenvalue weighted by molar-refractivity contribution is -0.286. The SMILES string of the molecule is Cc1nc(NC(=O)C2(c3ccc4c(c3)OC(F)(F)O4)CC2)sc1C(c1ccccc1Cl)N1CC[C@H](O)C1. The number of nitrogens with zero attached hydrogens (tertiary/aromatic N) is 2. The second kappa shape index (κ2) is 8.90. The number of likely N-dealkylation sites (tertiary alicyclic amines) is 1. The second-order valence-electron chi connectivity index (χ2n) is 9.70. The fourth-order valence-electron chi connectivity index (χ4n) is 5.15. The molecule has 1 amide bonds. The molecule has 11 heteroatoms. The summed E-state index contributed by atoms with van der Waals surface area (Å²) in [6.45, 7) is 3.12. The van der Waals surface area contributed by atoms with Crippen molar-refractivity contribution in [3.63, 3.8) is 0 Å². The summed E-state index contributed by atoms with van der Waals surface area (Å²) in [7, 11) is 0. The number of aromatic nitrogens is 1. The lowest BCUT2D eigenvalue weighted by Crippen LogP contribution is -2.28. The maximum absolute atomic E-state index is 13.5. The predicted molar refractivity (Wildman–Crippen MR) is 135 cm³/mol. The fourth-order valence-corrected chi connectivity index (χ4v) is 6.51. The molecule has 2 aromatic carbocycles. The van der Waals surface area contributed by atoms with E-state index in [0.717, 1.165) is 16.1 Å². The van der Waals surface area contributed by atoms with E-state index in [0.29, 0.717) is 48.1 Å². The van der Waals surface area contributed by atoms with Crippen LogP contribution in [0.1, 0.15) is 47.0 Å². The number of benzene rings is 2. The molecular formula is C26H24ClF2N3O4S. The minimum atomic E-state index is -3.71. The van der Waals surface area contributed by atoms with E-state index >= 15 is 0 Å². The van der Waals surface area contributed by atoms with Crippen molar-refractivity contribution in [2.45, 2.75) is 50.0 Å². The summed E-state index contributed by atoms with van der Waals surface area (Å²) in [5.74, 6) is -0.378. The van der Waals surface area contributed by atoms with Gasteiger partial charge in [-0.1, -0.05) is 47.2 Å². The molecule has 194 valence electrons. The van der Waals surface area contributed by atoms with Crippen molar-refractivity contribution in [2.24, 2.45) is 0 Å². The maximum atomic E-state index is 13.5. The number of nitrogens with one attached hydrogen (secondary N) is 1. The van der Waals surface area contributed by atoms with Gasteiger partial charge in [0.05, 0.1) is 28.1 Å². The van der Waals surface area contributed by atoms with Crippen molar-refractivity contribution in [3.05, 3.63) is 69.2 Å². The number of thiazole rings is 1. The van der Waals surface area contributed by atoms with E-state index in [1.165, 1.54) is 23.5 Å². The molecule has 0 spiro atoms. The van der Waals surface area contributed by atoms with E-state index in [4.69, 9.17) is 11.6 Å². The topological polar surface area (TPSA) is 83.9 Å². The lowest BCUT2D eigenvalue weighted by Gasteiger charge is -2.28. The summed E-state index contributed by atoms with van der Waals surface area (Å²) < 4.78 is 36.0. The molecule has 1 aliphatic carbocycles. The number of aryl methyl sites for hydroxylation is 1. The number of alkyl halides is 2. The quantitative estimate of drug-likeness (QED) is 0.438. The zero-order chi connectivity index (χ0) is 25.9. The molecule has 0 radical (unpaired) electrons. The molecule has 0 bridgehead atoms. The van der Waals surface area contributed by atoms with Gasteiger partial charge in [0.25, 0.3) is 0 Å². The van der Waals surface area contributed by atoms with E-state index in [1.54, 1.807) is 6.07 Å². The highest BCUT2D eigenvalue weighted by atomic mass is 35.5. The minimum absolute atomic E-state index is 0.0530. The molecule has 7 nitrogen and oxygen atoms in total. The van der Waals surface area contributed by atoms with Crippen LogP contribution in [0.5, 0.6) is 11.5 Å². The molecule has 3 aliphatic rings. The van der Waals surface area contributed by atoms with Crippen LogP contribution in [0.2, 0.25) is 5.02 Å². The van der Waals surface area contributed by atoms with Gasteiger partial charge >= 0.3 is 6.29 Å². The van der Waals surface area contributed by atoms with Crippen LogP contribution in [0.3, 0.4) is 0 Å². The molecule has 2 N–H and O–H groups in total. The van der Waals surface area contributed by atoms with Crippen LogP contribution in [0.25, 0.3) is 0 Å². The first-order chi connectivity index (χ1) is 17.6. The van der Waals surface area contributed by atoms with Crippen molar-refractivity contribution in [1.82, 2.24) is 9.88 Å². The number of amides is 1. The van der Waals surface area contributed by atoms with Gasteiger partial charge in [0, 0.05) is 18.1 Å². The lowest BCUT2D eigenvalue weighted by atomic mass is 9.94. The molecular weight excluding hydrogens is 524 g/mol. The fraction of sp³-hybridized carbons (Fsp3) is 0.385. The number of hydrogen-bond acceptors (Lipinski definition) is 7. The number of aliphatic hydroxyl groups is 1. The highest BCUT2D eigenvalue weighted by molar-refractivity contribution is 7.16. The van der Waals surface area contributed by atoms with Crippen molar-refractivity contribution < 1.29 is 28.2 Å². The third-order valence-corrected chi connectivity index (χ3v) is 8.67. The molecule has 1 saturated heterocycles. The molecule has 3 aromatic rings. The Morgan fingerprint density at radius 2 is 2.00 bits per heavy atom. The molecule has 1 unspecified atom stereocenters. The minimum Gasteiger partial charge on any atom is -0.395 e. The summed E-state index contributed by atoms with van der Waals surface area (Å²) >= 11 is 7.96. The Hall–Kier alpha value is -2.79. The average molecular weight is 548 g/mol. The van der Waals surface area contributed by atoms with Gasteiger partial charge in [-0.15, -0.1) is 8.78 Å². The number of β-amino-alcohol motifs (C(OH)–C–C–N with tert-alkyl or cyclic N) is 1. The van der Waals surface area contributed by atoms with E-state index in [1.807, 2.05) is 31.2 Å². The summed E-state index contributed by atoms with van der Waals surface area (Å²) in [6, 6.07) is 11.9. The Labute approximate surface area is 221 Å². The van der Waals surface area contributed by atoms with Crippen molar-refractivity contribution in [1.29, 1.82) is 0 Å². The van der Waals surface area contributed by atoms with Gasteiger partial charge in [-0.2, -0.15) is 0 Å². The van der Waals surface area contributed by atoms with Gasteiger partial charge in [0.1, 0.15) is 0 Å². The highest BCUT2D eigenvalue weighted by Gasteiger charge is 2.53. The largest absolute Gasteiger partial charge is 0.586 e. The van der Waals surface area contributed by atoms with Crippen LogP contribution in [0.15, 0.2) is 42.5 Å². The number of rotatable bonds is 6. The first kappa shape index (κ1) is 24.5. The number of aliphatic hydroxyl groups excluding tert-OH is 1. The van der Waals surface area contributed by atoms with Gasteiger partial charge in [0.15, 0.2) is 16.6 Å². The highest BCUT2D eigenvalue weighted by Crippen LogP contribution is 2.52. The van der Waals surface area contributed by atoms with Gasteiger partial charge < -0.3 is 19.9 Å². The Morgan fingerprint density at radius 1 is 1.24 bits per heavy atom. The number of ether oxygens (including phenoxy) is 2. The first-order valence-electron chi connectivity index (χ1n) is 12.0. The van der Waals surface area contributed by atoms with E-state index < -0.39 is 17.8 Å². The predicted octanol–water partition coefficient (Wildman–Crippen LogP) is 5.25. The number of halogens is 3. The second-order valence-corrected chi connectivity index (χ2v) is 11.1. The number of fused-ring (bicyclic) bond motifs is 1. The Kier molecular flexibility index (Phi) is 5.91. The summed E-state index contributed by atoms with van der Waals surface area (Å²) in [5.41, 5.74) is 1.44. The maximum Gasteiger partial charge on any atom is 0.586 e. The van der Waals surface area contributed by atoms with Crippen molar-refractivity contribution in [2.75, 3.05) is 18.4 Å². The van der Waals surface area contributed by atoms with Crippen molar-refractivity contribution in [3.8, 4) is 11.5 Å². The monoisotopic (exact) mass is 547 g/mol. The van der Waals surface area contributed by atoms with Gasteiger partial charge in [-0.3, -0.25) is 9.69 Å². The van der Waals surface area contributed by atoms with E-state index in [9.17, 15) is 18.7 Å². The van der Waals surface area contributed by atoms with Gasteiger partial charge in [-0.25, -0.2) is 4.98 Å². The van der Waals surface area contributed by atoms with Crippen LogP contribution < -0.4 is 14.8 Å². The zero-order valence-corrected chi connectivity index (χ0v) is 21.4. The van der Waals surface area contributed by atoms with Gasteiger partial charge in [-0.05, 0) is 55.5 Å². The smallest absolute Gasteiger partial charge is 0.395 e. The van der Waals surface area contributed by atoms with Crippen LogP contribution in [0.4, 0.5) is 13.9 Å². The molecule has 2 fully saturated rings. The van der Waals surface area contributed by atoms with Crippen molar-refractivity contribution >= 4 is 34.0 Å². The molecule has 37 heavy (non-hydrogen) atoms.